The number of amides is 3. The molecule has 108 valence electrons. The molecular formula is C13H17N3O4. The summed E-state index contributed by atoms with van der Waals surface area (Å²) in [6.45, 7) is 1.35. The van der Waals surface area contributed by atoms with Gasteiger partial charge in [-0.2, -0.15) is 0 Å². The second-order valence-electron chi connectivity index (χ2n) is 4.35. The highest BCUT2D eigenvalue weighted by Crippen LogP contribution is 2.14. The molecule has 0 fully saturated rings. The second-order valence-corrected chi connectivity index (χ2v) is 4.35. The Morgan fingerprint density at radius 2 is 1.95 bits per heavy atom. The Labute approximate surface area is 116 Å². The molecule has 0 heterocycles. The Bertz CT molecular complexity index is 528. The fraction of sp³-hybridized carbons (Fsp3) is 0.308. The normalized spacial score (nSPS) is 11.3. The molecule has 1 rings (SSSR count). The molecule has 0 spiro atoms. The zero-order valence-corrected chi connectivity index (χ0v) is 11.5. The fourth-order valence-electron chi connectivity index (χ4n) is 1.42. The van der Waals surface area contributed by atoms with Crippen LogP contribution in [0.3, 0.4) is 0 Å². The molecule has 0 aromatic heterocycles. The molecule has 7 heteroatoms. The van der Waals surface area contributed by atoms with Crippen molar-refractivity contribution in [2.75, 3.05) is 19.0 Å². The maximum Gasteiger partial charge on any atom is 0.338 e. The Hall–Kier alpha value is -2.57. The van der Waals surface area contributed by atoms with E-state index in [1.165, 1.54) is 6.92 Å². The average Bonchev–Trinajstić information content (AvgIpc) is 2.37. The van der Waals surface area contributed by atoms with Crippen LogP contribution < -0.4 is 16.0 Å². The number of nitrogens with two attached hydrogens (primary N) is 1. The lowest BCUT2D eigenvalue weighted by molar-refractivity contribution is -0.127. The third-order valence-electron chi connectivity index (χ3n) is 2.50. The molecule has 1 aromatic carbocycles. The largest absolute Gasteiger partial charge is 0.449 e. The molecule has 7 nitrogen and oxygen atoms in total. The molecule has 0 bridgehead atoms. The number of carbonyl (C=O) groups is 3. The number of anilines is 1. The molecule has 1 aromatic rings. The van der Waals surface area contributed by atoms with Gasteiger partial charge in [-0.25, -0.2) is 9.59 Å². The fourth-order valence-corrected chi connectivity index (χ4v) is 1.42. The number of hydrogen-bond acceptors (Lipinski definition) is 5. The highest BCUT2D eigenvalue weighted by molar-refractivity contribution is 5.98. The van der Waals surface area contributed by atoms with Crippen molar-refractivity contribution in [3.05, 3.63) is 29.8 Å². The van der Waals surface area contributed by atoms with E-state index >= 15 is 0 Å². The number of primary amides is 1. The minimum atomic E-state index is -1.11. The minimum Gasteiger partial charge on any atom is -0.449 e. The van der Waals surface area contributed by atoms with Gasteiger partial charge in [0.15, 0.2) is 6.10 Å². The van der Waals surface area contributed by atoms with Gasteiger partial charge in [0.05, 0.1) is 5.56 Å². The highest BCUT2D eigenvalue weighted by Gasteiger charge is 2.20. The summed E-state index contributed by atoms with van der Waals surface area (Å²) in [6, 6.07) is 5.77. The molecule has 20 heavy (non-hydrogen) atoms. The highest BCUT2D eigenvalue weighted by atomic mass is 16.5. The minimum absolute atomic E-state index is 0.315. The molecule has 0 radical (unpaired) electrons. The van der Waals surface area contributed by atoms with Crippen LogP contribution in [0.25, 0.3) is 0 Å². The topological polar surface area (TPSA) is 102 Å². The van der Waals surface area contributed by atoms with E-state index in [0.29, 0.717) is 5.56 Å². The molecule has 3 N–H and O–H groups in total. The molecule has 0 aliphatic heterocycles. The number of nitrogens with one attached hydrogen (secondary N) is 1. The van der Waals surface area contributed by atoms with Crippen LogP contribution in [0.4, 0.5) is 10.5 Å². The number of benzene rings is 1. The standard InChI is InChI=1S/C13H17N3O4/c1-8(11(17)15-13(14)19)20-12(18)9-5-4-6-10(7-9)16(2)3/h4-8H,1-3H3,(H3,14,15,17,19). The van der Waals surface area contributed by atoms with E-state index in [2.05, 4.69) is 0 Å². The smallest absolute Gasteiger partial charge is 0.338 e. The summed E-state index contributed by atoms with van der Waals surface area (Å²) < 4.78 is 4.96. The Balaban J connectivity index is 2.73. The van der Waals surface area contributed by atoms with Gasteiger partial charge in [0.2, 0.25) is 0 Å². The van der Waals surface area contributed by atoms with Crippen LogP contribution >= 0.6 is 0 Å². The second kappa shape index (κ2) is 6.55. The third kappa shape index (κ3) is 4.27. The van der Waals surface area contributed by atoms with E-state index < -0.39 is 24.0 Å². The van der Waals surface area contributed by atoms with Gasteiger partial charge in [-0.05, 0) is 25.1 Å². The summed E-state index contributed by atoms with van der Waals surface area (Å²) in [5, 5.41) is 1.84. The first-order chi connectivity index (χ1) is 9.31. The monoisotopic (exact) mass is 279 g/mol. The van der Waals surface area contributed by atoms with Crippen molar-refractivity contribution in [3.8, 4) is 0 Å². The lowest BCUT2D eigenvalue weighted by Gasteiger charge is -2.15. The van der Waals surface area contributed by atoms with Gasteiger partial charge < -0.3 is 15.4 Å². The molecule has 0 aliphatic rings. The predicted octanol–water partition coefficient (Wildman–Crippen LogP) is 0.493. The lowest BCUT2D eigenvalue weighted by Crippen LogP contribution is -2.42. The van der Waals surface area contributed by atoms with Crippen molar-refractivity contribution in [3.63, 3.8) is 0 Å². The molecule has 1 atom stereocenters. The van der Waals surface area contributed by atoms with Crippen molar-refractivity contribution in [2.45, 2.75) is 13.0 Å². The lowest BCUT2D eigenvalue weighted by atomic mass is 10.2. The van der Waals surface area contributed by atoms with E-state index in [4.69, 9.17) is 10.5 Å². The van der Waals surface area contributed by atoms with Crippen LogP contribution in [0.15, 0.2) is 24.3 Å². The number of nitrogens with zero attached hydrogens (tertiary/aromatic N) is 1. The zero-order valence-electron chi connectivity index (χ0n) is 11.5. The average molecular weight is 279 g/mol. The van der Waals surface area contributed by atoms with Crippen LogP contribution in [0.1, 0.15) is 17.3 Å². The number of imide groups is 1. The zero-order chi connectivity index (χ0) is 15.3. The van der Waals surface area contributed by atoms with Gasteiger partial charge in [-0.15, -0.1) is 0 Å². The van der Waals surface area contributed by atoms with Crippen LogP contribution in [0.2, 0.25) is 0 Å². The summed E-state index contributed by atoms with van der Waals surface area (Å²) in [7, 11) is 3.68. The molecule has 1 unspecified atom stereocenters. The van der Waals surface area contributed by atoms with Crippen LogP contribution in [0, 0.1) is 0 Å². The van der Waals surface area contributed by atoms with Crippen LogP contribution in [0.5, 0.6) is 0 Å². The van der Waals surface area contributed by atoms with Crippen LogP contribution in [-0.4, -0.2) is 38.1 Å². The Morgan fingerprint density at radius 3 is 2.50 bits per heavy atom. The molecule has 0 saturated heterocycles. The molecule has 0 saturated carbocycles. The quantitative estimate of drug-likeness (QED) is 0.781. The van der Waals surface area contributed by atoms with Crippen LogP contribution in [-0.2, 0) is 9.53 Å². The number of rotatable bonds is 4. The summed E-state index contributed by atoms with van der Waals surface area (Å²) in [5.74, 6) is -1.42. The maximum absolute atomic E-state index is 11.9. The number of hydrogen-bond donors (Lipinski definition) is 2. The summed E-state index contributed by atoms with van der Waals surface area (Å²) >= 11 is 0. The van der Waals surface area contributed by atoms with Crippen molar-refractivity contribution in [1.29, 1.82) is 0 Å². The van der Waals surface area contributed by atoms with Gasteiger partial charge in [-0.1, -0.05) is 6.07 Å². The number of carbonyl (C=O) groups excluding carboxylic acids is 3. The van der Waals surface area contributed by atoms with Crippen molar-refractivity contribution < 1.29 is 19.1 Å². The van der Waals surface area contributed by atoms with Gasteiger partial charge >= 0.3 is 12.0 Å². The van der Waals surface area contributed by atoms with E-state index in [1.807, 2.05) is 30.4 Å². The summed E-state index contributed by atoms with van der Waals surface area (Å²) in [6.07, 6.45) is -1.11. The predicted molar refractivity (Wildman–Crippen MR) is 73.4 cm³/mol. The van der Waals surface area contributed by atoms with Crippen molar-refractivity contribution in [1.82, 2.24) is 5.32 Å². The van der Waals surface area contributed by atoms with E-state index in [0.717, 1.165) is 5.69 Å². The van der Waals surface area contributed by atoms with Gasteiger partial charge in [-0.3, -0.25) is 10.1 Å². The van der Waals surface area contributed by atoms with Crippen molar-refractivity contribution >= 4 is 23.6 Å². The maximum atomic E-state index is 11.9. The molecular weight excluding hydrogens is 262 g/mol. The number of esters is 1. The summed E-state index contributed by atoms with van der Waals surface area (Å²) in [4.78, 5) is 35.6. The van der Waals surface area contributed by atoms with E-state index in [9.17, 15) is 14.4 Å². The Kier molecular flexibility index (Phi) is 5.08. The number of ether oxygens (including phenoxy) is 1. The SMILES string of the molecule is CC(OC(=O)c1cccc(N(C)C)c1)C(=O)NC(N)=O. The van der Waals surface area contributed by atoms with E-state index in [-0.39, 0.29) is 0 Å². The first kappa shape index (κ1) is 15.5. The Morgan fingerprint density at radius 1 is 1.30 bits per heavy atom. The van der Waals surface area contributed by atoms with Crippen molar-refractivity contribution in [2.24, 2.45) is 5.73 Å². The first-order valence-electron chi connectivity index (χ1n) is 5.90. The number of urea groups is 1. The molecule has 3 amide bonds. The summed E-state index contributed by atoms with van der Waals surface area (Å²) in [5.41, 5.74) is 5.95. The van der Waals surface area contributed by atoms with E-state index in [1.54, 1.807) is 18.2 Å². The molecule has 0 aliphatic carbocycles. The third-order valence-corrected chi connectivity index (χ3v) is 2.50. The van der Waals surface area contributed by atoms with Gasteiger partial charge in [0.25, 0.3) is 5.91 Å². The first-order valence-corrected chi connectivity index (χ1v) is 5.90. The van der Waals surface area contributed by atoms with Gasteiger partial charge in [0.1, 0.15) is 0 Å². The van der Waals surface area contributed by atoms with Gasteiger partial charge in [0, 0.05) is 19.8 Å².